The van der Waals surface area contributed by atoms with Crippen LogP contribution in [0, 0.1) is 0 Å². The van der Waals surface area contributed by atoms with E-state index in [4.69, 9.17) is 20.8 Å². The van der Waals surface area contributed by atoms with Crippen LogP contribution in [0.15, 0.2) is 57.9 Å². The van der Waals surface area contributed by atoms with Crippen LogP contribution in [-0.2, 0) is 16.1 Å². The van der Waals surface area contributed by atoms with Crippen molar-refractivity contribution in [2.24, 2.45) is 4.99 Å². The standard InChI is InChI=1S/C19H13ClN2O4S/c1-25-17(23)10-22-13-7-6-12(20)9-16(13)27-19(22)21-18(24)15-8-11-4-2-3-5-14(11)26-15/h2-9H,10H2,1H3. The summed E-state index contributed by atoms with van der Waals surface area (Å²) in [5.41, 5.74) is 1.35. The number of carbonyl (C=O) groups is 2. The van der Waals surface area contributed by atoms with Crippen molar-refractivity contribution in [2.45, 2.75) is 6.54 Å². The van der Waals surface area contributed by atoms with Crippen LogP contribution < -0.4 is 4.80 Å². The zero-order chi connectivity index (χ0) is 19.0. The monoisotopic (exact) mass is 400 g/mol. The third-order valence-electron chi connectivity index (χ3n) is 3.99. The summed E-state index contributed by atoms with van der Waals surface area (Å²) in [6, 6.07) is 14.2. The van der Waals surface area contributed by atoms with Crippen molar-refractivity contribution in [3.8, 4) is 0 Å². The van der Waals surface area contributed by atoms with Crippen LogP contribution in [0.2, 0.25) is 5.02 Å². The first-order chi connectivity index (χ1) is 13.0. The maximum absolute atomic E-state index is 12.6. The second kappa shape index (κ2) is 7.02. The summed E-state index contributed by atoms with van der Waals surface area (Å²) >= 11 is 7.32. The minimum absolute atomic E-state index is 0.0651. The van der Waals surface area contributed by atoms with Crippen molar-refractivity contribution in [1.82, 2.24) is 4.57 Å². The summed E-state index contributed by atoms with van der Waals surface area (Å²) in [4.78, 5) is 29.0. The van der Waals surface area contributed by atoms with E-state index in [0.29, 0.717) is 15.4 Å². The Kier molecular flexibility index (Phi) is 4.55. The highest BCUT2D eigenvalue weighted by Gasteiger charge is 2.15. The highest BCUT2D eigenvalue weighted by atomic mass is 35.5. The number of aromatic nitrogens is 1. The van der Waals surface area contributed by atoms with Crippen molar-refractivity contribution < 1.29 is 18.7 Å². The minimum atomic E-state index is -0.525. The minimum Gasteiger partial charge on any atom is -0.468 e. The Morgan fingerprint density at radius 3 is 2.81 bits per heavy atom. The SMILES string of the molecule is COC(=O)Cn1c(=NC(=O)c2cc3ccccc3o2)sc2cc(Cl)ccc21. The Bertz CT molecular complexity index is 1220. The highest BCUT2D eigenvalue weighted by molar-refractivity contribution is 7.16. The van der Waals surface area contributed by atoms with E-state index in [2.05, 4.69) is 4.99 Å². The average Bonchev–Trinajstić information content (AvgIpc) is 3.23. The molecule has 0 saturated carbocycles. The number of ether oxygens (including phenoxy) is 1. The predicted molar refractivity (Wildman–Crippen MR) is 103 cm³/mol. The summed E-state index contributed by atoms with van der Waals surface area (Å²) < 4.78 is 12.8. The van der Waals surface area contributed by atoms with Gasteiger partial charge in [0, 0.05) is 10.4 Å². The van der Waals surface area contributed by atoms with Gasteiger partial charge in [-0.3, -0.25) is 9.59 Å². The molecule has 0 fully saturated rings. The number of amides is 1. The fraction of sp³-hybridized carbons (Fsp3) is 0.105. The first-order valence-corrected chi connectivity index (χ1v) is 9.18. The van der Waals surface area contributed by atoms with Crippen LogP contribution in [0.5, 0.6) is 0 Å². The Hall–Kier alpha value is -2.90. The summed E-state index contributed by atoms with van der Waals surface area (Å²) in [6.07, 6.45) is 0. The van der Waals surface area contributed by atoms with Crippen LogP contribution in [0.25, 0.3) is 21.2 Å². The molecule has 0 atom stereocenters. The van der Waals surface area contributed by atoms with Gasteiger partial charge in [-0.05, 0) is 30.3 Å². The average molecular weight is 401 g/mol. The van der Waals surface area contributed by atoms with Gasteiger partial charge in [0.2, 0.25) is 0 Å². The van der Waals surface area contributed by atoms with E-state index in [1.165, 1.54) is 18.4 Å². The lowest BCUT2D eigenvalue weighted by Gasteiger charge is -2.03. The maximum atomic E-state index is 12.6. The maximum Gasteiger partial charge on any atom is 0.325 e. The number of thiazole rings is 1. The number of nitrogens with zero attached hydrogens (tertiary/aromatic N) is 2. The molecule has 27 heavy (non-hydrogen) atoms. The molecule has 0 bridgehead atoms. The molecule has 136 valence electrons. The normalized spacial score (nSPS) is 12.0. The Balaban J connectivity index is 1.84. The molecule has 0 saturated heterocycles. The number of para-hydroxylation sites is 1. The molecule has 0 unspecified atom stereocenters. The number of carbonyl (C=O) groups excluding carboxylic acids is 2. The second-order valence-corrected chi connectivity index (χ2v) is 7.17. The van der Waals surface area contributed by atoms with Crippen molar-refractivity contribution >= 4 is 56.0 Å². The van der Waals surface area contributed by atoms with Gasteiger partial charge >= 0.3 is 11.9 Å². The number of hydrogen-bond donors (Lipinski definition) is 0. The number of furan rings is 1. The number of hydrogen-bond acceptors (Lipinski definition) is 5. The van der Waals surface area contributed by atoms with Crippen molar-refractivity contribution in [3.63, 3.8) is 0 Å². The lowest BCUT2D eigenvalue weighted by Crippen LogP contribution is -2.22. The van der Waals surface area contributed by atoms with Crippen LogP contribution in [-0.4, -0.2) is 23.6 Å². The molecule has 6 nitrogen and oxygen atoms in total. The molecule has 4 rings (SSSR count). The number of benzene rings is 2. The molecule has 8 heteroatoms. The zero-order valence-corrected chi connectivity index (χ0v) is 15.7. The van der Waals surface area contributed by atoms with E-state index in [0.717, 1.165) is 15.6 Å². The number of halogens is 1. The molecular formula is C19H13ClN2O4S. The molecule has 0 aliphatic carbocycles. The van der Waals surface area contributed by atoms with Gasteiger partial charge in [-0.25, -0.2) is 0 Å². The van der Waals surface area contributed by atoms with Gasteiger partial charge in [-0.15, -0.1) is 0 Å². The fourth-order valence-corrected chi connectivity index (χ4v) is 4.01. The topological polar surface area (TPSA) is 73.8 Å². The summed E-state index contributed by atoms with van der Waals surface area (Å²) in [6.45, 7) is -0.0651. The quantitative estimate of drug-likeness (QED) is 0.487. The molecule has 0 radical (unpaired) electrons. The number of fused-ring (bicyclic) bond motifs is 2. The molecule has 0 N–H and O–H groups in total. The van der Waals surface area contributed by atoms with Gasteiger partial charge in [-0.2, -0.15) is 4.99 Å². The van der Waals surface area contributed by atoms with E-state index in [1.807, 2.05) is 18.2 Å². The molecule has 2 heterocycles. The first-order valence-electron chi connectivity index (χ1n) is 7.98. The van der Waals surface area contributed by atoms with E-state index in [9.17, 15) is 9.59 Å². The van der Waals surface area contributed by atoms with E-state index >= 15 is 0 Å². The Morgan fingerprint density at radius 1 is 1.22 bits per heavy atom. The van der Waals surface area contributed by atoms with Gasteiger partial charge in [-0.1, -0.05) is 41.1 Å². The van der Waals surface area contributed by atoms with Crippen LogP contribution in [0.3, 0.4) is 0 Å². The molecule has 0 spiro atoms. The Morgan fingerprint density at radius 2 is 2.04 bits per heavy atom. The van der Waals surface area contributed by atoms with Gasteiger partial charge in [0.25, 0.3) is 0 Å². The van der Waals surface area contributed by atoms with Crippen LogP contribution in [0.1, 0.15) is 10.6 Å². The van der Waals surface area contributed by atoms with E-state index in [-0.39, 0.29) is 12.3 Å². The predicted octanol–water partition coefficient (Wildman–Crippen LogP) is 4.02. The van der Waals surface area contributed by atoms with Crippen molar-refractivity contribution in [3.05, 3.63) is 64.1 Å². The molecule has 4 aromatic rings. The fourth-order valence-electron chi connectivity index (χ4n) is 2.71. The zero-order valence-electron chi connectivity index (χ0n) is 14.1. The third-order valence-corrected chi connectivity index (χ3v) is 5.27. The van der Waals surface area contributed by atoms with Crippen molar-refractivity contribution in [1.29, 1.82) is 0 Å². The summed E-state index contributed by atoms with van der Waals surface area (Å²) in [7, 11) is 1.31. The first kappa shape index (κ1) is 17.5. The molecule has 0 aliphatic rings. The van der Waals surface area contributed by atoms with E-state index < -0.39 is 11.9 Å². The number of methoxy groups -OCH3 is 1. The molecule has 2 aromatic heterocycles. The van der Waals surface area contributed by atoms with Gasteiger partial charge in [0.1, 0.15) is 12.1 Å². The van der Waals surface area contributed by atoms with Gasteiger partial charge in [0.05, 0.1) is 17.3 Å². The second-order valence-electron chi connectivity index (χ2n) is 5.72. The van der Waals surface area contributed by atoms with Crippen LogP contribution >= 0.6 is 22.9 Å². The van der Waals surface area contributed by atoms with E-state index in [1.54, 1.807) is 34.9 Å². The Labute approximate surface area is 162 Å². The van der Waals surface area contributed by atoms with Gasteiger partial charge in [0.15, 0.2) is 10.6 Å². The number of esters is 1. The third kappa shape index (κ3) is 3.39. The van der Waals surface area contributed by atoms with Crippen molar-refractivity contribution in [2.75, 3.05) is 7.11 Å². The molecule has 2 aromatic carbocycles. The number of rotatable bonds is 3. The molecule has 1 amide bonds. The lowest BCUT2D eigenvalue weighted by atomic mass is 10.2. The highest BCUT2D eigenvalue weighted by Crippen LogP contribution is 2.23. The smallest absolute Gasteiger partial charge is 0.325 e. The lowest BCUT2D eigenvalue weighted by molar-refractivity contribution is -0.141. The summed E-state index contributed by atoms with van der Waals surface area (Å²) in [5, 5.41) is 1.38. The van der Waals surface area contributed by atoms with Crippen LogP contribution in [0.4, 0.5) is 0 Å². The largest absolute Gasteiger partial charge is 0.468 e. The summed E-state index contributed by atoms with van der Waals surface area (Å²) in [5.74, 6) is -0.832. The molecular weight excluding hydrogens is 388 g/mol. The van der Waals surface area contributed by atoms with Gasteiger partial charge < -0.3 is 13.7 Å². The molecule has 0 aliphatic heterocycles.